The number of hydrogen-bond acceptors (Lipinski definition) is 10. The fourth-order valence-electron chi connectivity index (χ4n) is 4.60. The van der Waals surface area contributed by atoms with Crippen molar-refractivity contribution in [1.82, 2.24) is 0 Å². The van der Waals surface area contributed by atoms with Crippen molar-refractivity contribution in [1.29, 1.82) is 0 Å². The van der Waals surface area contributed by atoms with E-state index in [0.29, 0.717) is 12.0 Å². The van der Waals surface area contributed by atoms with Crippen LogP contribution in [-0.2, 0) is 23.7 Å². The van der Waals surface area contributed by atoms with Gasteiger partial charge in [-0.1, -0.05) is 36.4 Å². The van der Waals surface area contributed by atoms with Crippen molar-refractivity contribution in [2.75, 3.05) is 19.8 Å². The quantitative estimate of drug-likeness (QED) is 0.194. The number of carbonyl (C=O) groups is 1. The smallest absolute Gasteiger partial charge is 0.331 e. The van der Waals surface area contributed by atoms with Crippen molar-refractivity contribution in [3.63, 3.8) is 0 Å². The third-order valence-corrected chi connectivity index (χ3v) is 6.45. The van der Waals surface area contributed by atoms with Crippen molar-refractivity contribution in [2.45, 2.75) is 49.5 Å². The van der Waals surface area contributed by atoms with Gasteiger partial charge in [0.1, 0.15) is 31.0 Å². The highest BCUT2D eigenvalue weighted by molar-refractivity contribution is 5.87. The van der Waals surface area contributed by atoms with Gasteiger partial charge in [0, 0.05) is 17.9 Å². The fourth-order valence-corrected chi connectivity index (χ4v) is 4.60. The van der Waals surface area contributed by atoms with Crippen LogP contribution in [0.25, 0.3) is 6.08 Å². The normalized spacial score (nSPS) is 37.9. The number of esters is 1. The van der Waals surface area contributed by atoms with E-state index in [-0.39, 0.29) is 19.1 Å². The molecule has 34 heavy (non-hydrogen) atoms. The van der Waals surface area contributed by atoms with E-state index < -0.39 is 61.6 Å². The van der Waals surface area contributed by atoms with Gasteiger partial charge in [-0.3, -0.25) is 0 Å². The number of fused-ring (bicyclic) bond motifs is 1. The summed E-state index contributed by atoms with van der Waals surface area (Å²) in [6.45, 7) is -0.395. The Bertz CT molecular complexity index is 885. The maximum atomic E-state index is 12.2. The summed E-state index contributed by atoms with van der Waals surface area (Å²) in [6, 6.07) is 9.29. The molecule has 0 bridgehead atoms. The number of aliphatic hydroxyl groups is 5. The lowest BCUT2D eigenvalue weighted by Gasteiger charge is -2.43. The van der Waals surface area contributed by atoms with Gasteiger partial charge in [0.15, 0.2) is 12.6 Å². The molecule has 1 aromatic rings. The molecule has 1 aromatic carbocycles. The Morgan fingerprint density at radius 3 is 2.56 bits per heavy atom. The lowest BCUT2D eigenvalue weighted by Crippen LogP contribution is -2.60. The number of ether oxygens (including phenoxy) is 4. The van der Waals surface area contributed by atoms with Crippen LogP contribution < -0.4 is 0 Å². The molecule has 0 spiro atoms. The largest absolute Gasteiger partial charge is 0.458 e. The summed E-state index contributed by atoms with van der Waals surface area (Å²) < 4.78 is 22.3. The van der Waals surface area contributed by atoms with E-state index in [2.05, 4.69) is 0 Å². The van der Waals surface area contributed by atoms with Crippen LogP contribution in [-0.4, -0.2) is 94.4 Å². The Morgan fingerprint density at radius 2 is 1.82 bits per heavy atom. The maximum Gasteiger partial charge on any atom is 0.331 e. The minimum atomic E-state index is -1.59. The number of benzene rings is 1. The third-order valence-electron chi connectivity index (χ3n) is 6.45. The molecule has 0 radical (unpaired) electrons. The Kier molecular flexibility index (Phi) is 8.12. The molecule has 4 rings (SSSR count). The van der Waals surface area contributed by atoms with Gasteiger partial charge < -0.3 is 44.5 Å². The first-order valence-electron chi connectivity index (χ1n) is 11.2. The summed E-state index contributed by atoms with van der Waals surface area (Å²) >= 11 is 0. The Morgan fingerprint density at radius 1 is 1.06 bits per heavy atom. The standard InChI is InChI=1S/C24H30O10/c25-11-17-20(28)21(29)22(30)24(33-17)34-23-19-14(10-16(26)15(19)8-9-31-23)12-32-18(27)7-6-13-4-2-1-3-5-13/h1-7,10,15-17,19-26,28-30H,8-9,11-12H2/t15-,16-,17-,19-,20-,21+,22-,23+,24+/m1/s1. The molecule has 10 nitrogen and oxygen atoms in total. The second-order valence-corrected chi connectivity index (χ2v) is 8.63. The molecule has 9 atom stereocenters. The molecule has 0 saturated carbocycles. The minimum absolute atomic E-state index is 0.0892. The molecule has 2 fully saturated rings. The van der Waals surface area contributed by atoms with Crippen LogP contribution in [0.15, 0.2) is 48.1 Å². The van der Waals surface area contributed by atoms with Gasteiger partial charge in [0.2, 0.25) is 0 Å². The highest BCUT2D eigenvalue weighted by Crippen LogP contribution is 2.42. The number of carbonyl (C=O) groups excluding carboxylic acids is 1. The number of rotatable bonds is 7. The molecular weight excluding hydrogens is 448 g/mol. The maximum absolute atomic E-state index is 12.2. The molecule has 1 aliphatic carbocycles. The zero-order valence-corrected chi connectivity index (χ0v) is 18.4. The molecule has 2 saturated heterocycles. The zero-order valence-electron chi connectivity index (χ0n) is 18.4. The van der Waals surface area contributed by atoms with Gasteiger partial charge in [0.05, 0.1) is 19.3 Å². The molecule has 10 heteroatoms. The molecule has 2 heterocycles. The second-order valence-electron chi connectivity index (χ2n) is 8.63. The Balaban J connectivity index is 1.40. The van der Waals surface area contributed by atoms with Crippen molar-refractivity contribution in [3.8, 4) is 0 Å². The van der Waals surface area contributed by atoms with E-state index in [0.717, 1.165) is 5.56 Å². The molecule has 186 valence electrons. The predicted octanol–water partition coefficient (Wildman–Crippen LogP) is -0.661. The van der Waals surface area contributed by atoms with Crippen molar-refractivity contribution in [3.05, 3.63) is 53.6 Å². The first-order chi connectivity index (χ1) is 16.4. The molecule has 5 N–H and O–H groups in total. The van der Waals surface area contributed by atoms with Crippen molar-refractivity contribution >= 4 is 12.0 Å². The van der Waals surface area contributed by atoms with Crippen molar-refractivity contribution < 1.29 is 49.3 Å². The first kappa shape index (κ1) is 25.0. The molecule has 3 aliphatic rings. The summed E-state index contributed by atoms with van der Waals surface area (Å²) in [5, 5.41) is 50.2. The topological polar surface area (TPSA) is 155 Å². The Labute approximate surface area is 196 Å². The summed E-state index contributed by atoms with van der Waals surface area (Å²) in [5.74, 6) is -1.29. The highest BCUT2D eigenvalue weighted by atomic mass is 16.8. The van der Waals surface area contributed by atoms with Crippen LogP contribution in [0.5, 0.6) is 0 Å². The van der Waals surface area contributed by atoms with Crippen LogP contribution in [0.4, 0.5) is 0 Å². The lowest BCUT2D eigenvalue weighted by atomic mass is 9.85. The van der Waals surface area contributed by atoms with E-state index in [1.807, 2.05) is 30.3 Å². The second kappa shape index (κ2) is 11.1. The molecule has 0 aromatic heterocycles. The summed E-state index contributed by atoms with van der Waals surface area (Å²) in [7, 11) is 0. The van der Waals surface area contributed by atoms with Gasteiger partial charge in [0.25, 0.3) is 0 Å². The first-order valence-corrected chi connectivity index (χ1v) is 11.2. The van der Waals surface area contributed by atoms with Gasteiger partial charge in [-0.2, -0.15) is 0 Å². The van der Waals surface area contributed by atoms with Crippen LogP contribution in [0.1, 0.15) is 12.0 Å². The van der Waals surface area contributed by atoms with Crippen LogP contribution in [0.3, 0.4) is 0 Å². The summed E-state index contributed by atoms with van der Waals surface area (Å²) in [4.78, 5) is 12.2. The van der Waals surface area contributed by atoms with Crippen LogP contribution >= 0.6 is 0 Å². The SMILES string of the molecule is O=C(C=Cc1ccccc1)OCC1=C[C@@H](O)[C@H]2CCO[C@@H](O[C@@H]3O[C@H](CO)[C@@H](O)[C@H](O)[C@H]3O)[C@H]12. The highest BCUT2D eigenvalue weighted by Gasteiger charge is 2.49. The van der Waals surface area contributed by atoms with Gasteiger partial charge in [-0.15, -0.1) is 0 Å². The minimum Gasteiger partial charge on any atom is -0.458 e. The molecular formula is C24H30O10. The molecule has 0 amide bonds. The average molecular weight is 478 g/mol. The van der Waals surface area contributed by atoms with Gasteiger partial charge in [-0.05, 0) is 23.6 Å². The zero-order chi connectivity index (χ0) is 24.2. The molecule has 2 aliphatic heterocycles. The predicted molar refractivity (Wildman–Crippen MR) is 117 cm³/mol. The lowest BCUT2D eigenvalue weighted by molar-refractivity contribution is -0.350. The third kappa shape index (κ3) is 5.40. The Hall–Kier alpha value is -2.15. The fraction of sp³-hybridized carbons (Fsp3) is 0.542. The van der Waals surface area contributed by atoms with E-state index >= 15 is 0 Å². The monoisotopic (exact) mass is 478 g/mol. The van der Waals surface area contributed by atoms with E-state index in [1.165, 1.54) is 6.08 Å². The van der Waals surface area contributed by atoms with Crippen molar-refractivity contribution in [2.24, 2.45) is 11.8 Å². The number of aliphatic hydroxyl groups excluding tert-OH is 5. The summed E-state index contributed by atoms with van der Waals surface area (Å²) in [5.41, 5.74) is 1.46. The molecule has 0 unspecified atom stereocenters. The van der Waals surface area contributed by atoms with E-state index in [1.54, 1.807) is 12.2 Å². The van der Waals surface area contributed by atoms with Crippen LogP contribution in [0.2, 0.25) is 0 Å². The average Bonchev–Trinajstić information content (AvgIpc) is 3.18. The van der Waals surface area contributed by atoms with E-state index in [9.17, 15) is 30.3 Å². The van der Waals surface area contributed by atoms with Gasteiger partial charge in [-0.25, -0.2) is 4.79 Å². The van der Waals surface area contributed by atoms with E-state index in [4.69, 9.17) is 18.9 Å². The number of hydrogen-bond donors (Lipinski definition) is 5. The summed E-state index contributed by atoms with van der Waals surface area (Å²) in [6.07, 6.45) is -3.82. The van der Waals surface area contributed by atoms with Crippen LogP contribution in [0, 0.1) is 11.8 Å². The van der Waals surface area contributed by atoms with Gasteiger partial charge >= 0.3 is 5.97 Å².